The molecule has 0 atom stereocenters. The lowest BCUT2D eigenvalue weighted by Gasteiger charge is -2.27. The van der Waals surface area contributed by atoms with Gasteiger partial charge in [-0.05, 0) is 25.0 Å². The highest BCUT2D eigenvalue weighted by atomic mass is 32.1. The van der Waals surface area contributed by atoms with Gasteiger partial charge in [-0.15, -0.1) is 11.3 Å². The summed E-state index contributed by atoms with van der Waals surface area (Å²) in [4.78, 5) is 4.77. The van der Waals surface area contributed by atoms with Gasteiger partial charge in [-0.25, -0.2) is 0 Å². The number of hydrogen-bond acceptors (Lipinski definition) is 4. The van der Waals surface area contributed by atoms with E-state index in [1.165, 1.54) is 30.6 Å². The number of thiophene rings is 1. The van der Waals surface area contributed by atoms with Crippen LogP contribution in [0.5, 0.6) is 0 Å². The number of rotatable bonds is 6. The van der Waals surface area contributed by atoms with Gasteiger partial charge in [-0.2, -0.15) is 0 Å². The maximum Gasteiger partial charge on any atom is 0.0771 e. The first-order valence-corrected chi connectivity index (χ1v) is 8.18. The first-order valence-electron chi connectivity index (χ1n) is 7.37. The van der Waals surface area contributed by atoms with E-state index < -0.39 is 0 Å². The van der Waals surface area contributed by atoms with Crippen LogP contribution in [0.3, 0.4) is 0 Å². The minimum absolute atomic E-state index is 0.122. The molecule has 1 heterocycles. The van der Waals surface area contributed by atoms with Gasteiger partial charge in [-0.3, -0.25) is 4.90 Å². The molecule has 2 rings (SSSR count). The SMILES string of the molecule is OCCC#Cc1ccc(CN(CCO)C2CCCC2)s1. The van der Waals surface area contributed by atoms with Crippen molar-refractivity contribution in [1.82, 2.24) is 4.90 Å². The molecule has 1 aliphatic rings. The summed E-state index contributed by atoms with van der Waals surface area (Å²) in [7, 11) is 0. The van der Waals surface area contributed by atoms with E-state index in [9.17, 15) is 5.11 Å². The Labute approximate surface area is 125 Å². The van der Waals surface area contributed by atoms with Crippen LogP contribution < -0.4 is 0 Å². The average Bonchev–Trinajstić information content (AvgIpc) is 3.10. The van der Waals surface area contributed by atoms with E-state index in [0.29, 0.717) is 12.5 Å². The molecule has 0 aliphatic heterocycles. The fourth-order valence-electron chi connectivity index (χ4n) is 2.72. The Morgan fingerprint density at radius 2 is 2.00 bits per heavy atom. The molecule has 1 saturated carbocycles. The van der Waals surface area contributed by atoms with Crippen LogP contribution in [0.1, 0.15) is 41.9 Å². The largest absolute Gasteiger partial charge is 0.395 e. The lowest BCUT2D eigenvalue weighted by molar-refractivity contribution is 0.146. The summed E-state index contributed by atoms with van der Waals surface area (Å²) >= 11 is 1.72. The van der Waals surface area contributed by atoms with Gasteiger partial charge in [0.1, 0.15) is 0 Å². The summed E-state index contributed by atoms with van der Waals surface area (Å²) in [5.41, 5.74) is 0. The van der Waals surface area contributed by atoms with E-state index in [4.69, 9.17) is 5.11 Å². The van der Waals surface area contributed by atoms with Crippen molar-refractivity contribution in [1.29, 1.82) is 0 Å². The van der Waals surface area contributed by atoms with Crippen molar-refractivity contribution in [3.8, 4) is 11.8 Å². The van der Waals surface area contributed by atoms with Crippen LogP contribution >= 0.6 is 11.3 Å². The minimum Gasteiger partial charge on any atom is -0.395 e. The molecule has 4 heteroatoms. The van der Waals surface area contributed by atoms with Crippen LogP contribution in [0.4, 0.5) is 0 Å². The van der Waals surface area contributed by atoms with Crippen molar-refractivity contribution in [3.05, 3.63) is 21.9 Å². The Hall–Kier alpha value is -0.860. The van der Waals surface area contributed by atoms with Gasteiger partial charge < -0.3 is 10.2 Å². The highest BCUT2D eigenvalue weighted by Crippen LogP contribution is 2.26. The molecule has 1 aromatic rings. The Morgan fingerprint density at radius 3 is 2.70 bits per heavy atom. The molecular weight excluding hydrogens is 270 g/mol. The van der Waals surface area contributed by atoms with E-state index in [0.717, 1.165) is 18.0 Å². The highest BCUT2D eigenvalue weighted by molar-refractivity contribution is 7.12. The average molecular weight is 293 g/mol. The van der Waals surface area contributed by atoms with E-state index in [2.05, 4.69) is 28.9 Å². The van der Waals surface area contributed by atoms with E-state index in [1.807, 2.05) is 0 Å². The normalized spacial score (nSPS) is 15.6. The lowest BCUT2D eigenvalue weighted by Crippen LogP contribution is -2.34. The molecule has 1 fully saturated rings. The topological polar surface area (TPSA) is 43.7 Å². The fourth-order valence-corrected chi connectivity index (χ4v) is 3.63. The minimum atomic E-state index is 0.122. The molecule has 0 unspecified atom stereocenters. The van der Waals surface area contributed by atoms with Crippen molar-refractivity contribution < 1.29 is 10.2 Å². The third-order valence-electron chi connectivity index (χ3n) is 3.70. The molecular formula is C16H23NO2S. The summed E-state index contributed by atoms with van der Waals surface area (Å²) < 4.78 is 0. The second-order valence-electron chi connectivity index (χ2n) is 5.17. The van der Waals surface area contributed by atoms with E-state index >= 15 is 0 Å². The molecule has 0 spiro atoms. The Kier molecular flexibility index (Phi) is 6.55. The molecule has 20 heavy (non-hydrogen) atoms. The molecule has 0 radical (unpaired) electrons. The zero-order valence-electron chi connectivity index (χ0n) is 11.8. The number of nitrogens with zero attached hydrogens (tertiary/aromatic N) is 1. The maximum absolute atomic E-state index is 9.24. The Balaban J connectivity index is 1.94. The van der Waals surface area contributed by atoms with Gasteiger partial charge >= 0.3 is 0 Å². The molecule has 0 aromatic carbocycles. The van der Waals surface area contributed by atoms with Crippen molar-refractivity contribution in [2.45, 2.75) is 44.7 Å². The molecule has 110 valence electrons. The number of aliphatic hydroxyl groups is 2. The molecule has 0 bridgehead atoms. The van der Waals surface area contributed by atoms with Crippen molar-refractivity contribution in [3.63, 3.8) is 0 Å². The summed E-state index contributed by atoms with van der Waals surface area (Å²) in [5, 5.41) is 18.0. The molecule has 1 aliphatic carbocycles. The van der Waals surface area contributed by atoms with Gasteiger partial charge in [0.25, 0.3) is 0 Å². The zero-order chi connectivity index (χ0) is 14.2. The van der Waals surface area contributed by atoms with Crippen LogP contribution in [-0.2, 0) is 6.54 Å². The molecule has 0 saturated heterocycles. The standard InChI is InChI=1S/C16H23NO2S/c18-11-4-3-7-15-8-9-16(20-15)13-17(10-12-19)14-5-1-2-6-14/h8-9,14,18-19H,1-2,4-6,10-13H2. The Morgan fingerprint density at radius 1 is 1.20 bits per heavy atom. The number of aliphatic hydroxyl groups excluding tert-OH is 2. The van der Waals surface area contributed by atoms with Crippen LogP contribution in [-0.4, -0.2) is 40.9 Å². The highest BCUT2D eigenvalue weighted by Gasteiger charge is 2.22. The van der Waals surface area contributed by atoms with Gasteiger partial charge in [0.05, 0.1) is 18.1 Å². The molecule has 1 aromatic heterocycles. The van der Waals surface area contributed by atoms with Gasteiger partial charge in [0.15, 0.2) is 0 Å². The van der Waals surface area contributed by atoms with Crippen molar-refractivity contribution >= 4 is 11.3 Å². The predicted molar refractivity (Wildman–Crippen MR) is 82.7 cm³/mol. The fraction of sp³-hybridized carbons (Fsp3) is 0.625. The van der Waals surface area contributed by atoms with Crippen LogP contribution in [0.2, 0.25) is 0 Å². The third-order valence-corrected chi connectivity index (χ3v) is 4.68. The second kappa shape index (κ2) is 8.43. The summed E-state index contributed by atoms with van der Waals surface area (Å²) in [6, 6.07) is 4.82. The summed E-state index contributed by atoms with van der Waals surface area (Å²) in [6.07, 6.45) is 5.68. The first kappa shape index (κ1) is 15.5. The lowest BCUT2D eigenvalue weighted by atomic mass is 10.2. The van der Waals surface area contributed by atoms with Crippen LogP contribution in [0, 0.1) is 11.8 Å². The zero-order valence-corrected chi connectivity index (χ0v) is 12.7. The maximum atomic E-state index is 9.24. The van der Waals surface area contributed by atoms with E-state index in [-0.39, 0.29) is 13.2 Å². The summed E-state index contributed by atoms with van der Waals surface area (Å²) in [5.74, 6) is 6.04. The predicted octanol–water partition coefficient (Wildman–Crippen LogP) is 2.22. The first-order chi connectivity index (χ1) is 9.83. The second-order valence-corrected chi connectivity index (χ2v) is 6.34. The monoisotopic (exact) mass is 293 g/mol. The van der Waals surface area contributed by atoms with Gasteiger partial charge in [-0.1, -0.05) is 24.7 Å². The van der Waals surface area contributed by atoms with Crippen LogP contribution in [0.25, 0.3) is 0 Å². The smallest absolute Gasteiger partial charge is 0.0771 e. The summed E-state index contributed by atoms with van der Waals surface area (Å²) in [6.45, 7) is 2.02. The van der Waals surface area contributed by atoms with Gasteiger partial charge in [0, 0.05) is 30.4 Å². The van der Waals surface area contributed by atoms with Crippen LogP contribution in [0.15, 0.2) is 12.1 Å². The van der Waals surface area contributed by atoms with Crippen molar-refractivity contribution in [2.24, 2.45) is 0 Å². The van der Waals surface area contributed by atoms with Crippen molar-refractivity contribution in [2.75, 3.05) is 19.8 Å². The molecule has 0 amide bonds. The van der Waals surface area contributed by atoms with Gasteiger partial charge in [0.2, 0.25) is 0 Å². The quantitative estimate of drug-likeness (QED) is 0.791. The van der Waals surface area contributed by atoms with E-state index in [1.54, 1.807) is 11.3 Å². The molecule has 3 nitrogen and oxygen atoms in total. The number of hydrogen-bond donors (Lipinski definition) is 2. The molecule has 2 N–H and O–H groups in total. The third kappa shape index (κ3) is 4.60. The Bertz CT molecular complexity index is 455.